The Kier molecular flexibility index (Phi) is 6.09. The summed E-state index contributed by atoms with van der Waals surface area (Å²) in [5.41, 5.74) is 3.66. The van der Waals surface area contributed by atoms with Crippen LogP contribution in [-0.2, 0) is 19.7 Å². The second kappa shape index (κ2) is 8.70. The predicted molar refractivity (Wildman–Crippen MR) is 102 cm³/mol. The summed E-state index contributed by atoms with van der Waals surface area (Å²) in [6, 6.07) is 18.7. The number of nitrogens with two attached hydrogens (primary N) is 1. The first kappa shape index (κ1) is 17.5. The van der Waals surface area contributed by atoms with Gasteiger partial charge in [0.2, 0.25) is 0 Å². The van der Waals surface area contributed by atoms with Crippen LogP contribution in [-0.4, -0.2) is 7.11 Å². The molecule has 0 atom stereocenters. The lowest BCUT2D eigenvalue weighted by molar-refractivity contribution is -0.685. The zero-order valence-electron chi connectivity index (χ0n) is 14.7. The predicted octanol–water partition coefficient (Wildman–Crippen LogP) is 3.91. The summed E-state index contributed by atoms with van der Waals surface area (Å²) in [5, 5.41) is 4.42. The molecule has 0 spiro atoms. The summed E-state index contributed by atoms with van der Waals surface area (Å²) in [6.45, 7) is 4.58. The largest absolute Gasteiger partial charge is 0.493 e. The highest BCUT2D eigenvalue weighted by atomic mass is 32.1. The maximum absolute atomic E-state index is 5.98. The number of methoxy groups -OCH3 is 1. The molecule has 0 aliphatic carbocycles. The van der Waals surface area contributed by atoms with Gasteiger partial charge in [0.15, 0.2) is 11.5 Å². The monoisotopic (exact) mass is 354 g/mol. The van der Waals surface area contributed by atoms with E-state index in [4.69, 9.17) is 9.47 Å². The van der Waals surface area contributed by atoms with E-state index in [-0.39, 0.29) is 0 Å². The van der Waals surface area contributed by atoms with Gasteiger partial charge in [0, 0.05) is 5.56 Å². The number of quaternary nitrogens is 1. The molecule has 0 fully saturated rings. The fourth-order valence-corrected chi connectivity index (χ4v) is 3.40. The minimum atomic E-state index is 0.548. The number of hydrogen-bond acceptors (Lipinski definition) is 3. The number of ether oxygens (including phenoxy) is 2. The highest BCUT2D eigenvalue weighted by Crippen LogP contribution is 2.29. The smallest absolute Gasteiger partial charge is 0.161 e. The molecule has 25 heavy (non-hydrogen) atoms. The number of benzene rings is 2. The van der Waals surface area contributed by atoms with Crippen molar-refractivity contribution in [3.05, 3.63) is 81.5 Å². The van der Waals surface area contributed by atoms with E-state index in [0.717, 1.165) is 24.6 Å². The molecule has 0 aliphatic rings. The van der Waals surface area contributed by atoms with E-state index >= 15 is 0 Å². The second-order valence-electron chi connectivity index (χ2n) is 5.98. The molecule has 4 heteroatoms. The second-order valence-corrected chi connectivity index (χ2v) is 7.01. The van der Waals surface area contributed by atoms with Crippen LogP contribution in [0.3, 0.4) is 0 Å². The Morgan fingerprint density at radius 3 is 2.60 bits per heavy atom. The van der Waals surface area contributed by atoms with Gasteiger partial charge in [0.05, 0.1) is 12.0 Å². The molecular formula is C21H24NO2S+. The molecule has 3 aromatic rings. The topological polar surface area (TPSA) is 35.1 Å². The van der Waals surface area contributed by atoms with Gasteiger partial charge in [-0.25, -0.2) is 0 Å². The van der Waals surface area contributed by atoms with Gasteiger partial charge in [-0.2, -0.15) is 0 Å². The Morgan fingerprint density at radius 2 is 1.84 bits per heavy atom. The van der Waals surface area contributed by atoms with Gasteiger partial charge >= 0.3 is 0 Å². The van der Waals surface area contributed by atoms with Gasteiger partial charge < -0.3 is 14.8 Å². The Bertz CT molecular complexity index is 799. The van der Waals surface area contributed by atoms with Crippen LogP contribution < -0.4 is 14.8 Å². The molecule has 2 aromatic carbocycles. The molecule has 0 bridgehead atoms. The summed E-state index contributed by atoms with van der Waals surface area (Å²) >= 11 is 1.80. The lowest BCUT2D eigenvalue weighted by Gasteiger charge is -2.13. The standard InChI is InChI=1S/C21H23NO2S/c1-16-6-3-4-7-18(16)15-24-20-10-9-17(12-21(20)23-2)13-22-14-19-8-5-11-25-19/h3-12,22H,13-15H2,1-2H3/p+1. The molecule has 0 radical (unpaired) electrons. The fourth-order valence-electron chi connectivity index (χ4n) is 2.70. The molecule has 0 unspecified atom stereocenters. The highest BCUT2D eigenvalue weighted by Gasteiger charge is 2.08. The molecule has 1 aromatic heterocycles. The quantitative estimate of drug-likeness (QED) is 0.666. The Hall–Kier alpha value is -2.30. The Labute approximate surface area is 153 Å². The number of hydrogen-bond donors (Lipinski definition) is 1. The SMILES string of the molecule is COc1cc(C[NH2+]Cc2cccs2)ccc1OCc1ccccc1C. The van der Waals surface area contributed by atoms with Crippen molar-refractivity contribution >= 4 is 11.3 Å². The third kappa shape index (κ3) is 4.84. The van der Waals surface area contributed by atoms with Crippen molar-refractivity contribution in [1.82, 2.24) is 0 Å². The molecule has 0 saturated carbocycles. The average Bonchev–Trinajstić information content (AvgIpc) is 3.15. The Balaban J connectivity index is 1.60. The number of thiophene rings is 1. The molecule has 3 nitrogen and oxygen atoms in total. The molecule has 2 N–H and O–H groups in total. The van der Waals surface area contributed by atoms with Crippen LogP contribution in [0.4, 0.5) is 0 Å². The molecule has 130 valence electrons. The third-order valence-electron chi connectivity index (χ3n) is 4.18. The highest BCUT2D eigenvalue weighted by molar-refractivity contribution is 7.09. The minimum absolute atomic E-state index is 0.548. The van der Waals surface area contributed by atoms with Gasteiger partial charge in [-0.15, -0.1) is 11.3 Å². The van der Waals surface area contributed by atoms with Crippen LogP contribution in [0.2, 0.25) is 0 Å². The summed E-state index contributed by atoms with van der Waals surface area (Å²) in [6.07, 6.45) is 0. The van der Waals surface area contributed by atoms with Crippen LogP contribution in [0.15, 0.2) is 60.0 Å². The van der Waals surface area contributed by atoms with Gasteiger partial charge in [0.1, 0.15) is 19.7 Å². The number of aryl methyl sites for hydroxylation is 1. The lowest BCUT2D eigenvalue weighted by Crippen LogP contribution is -2.80. The van der Waals surface area contributed by atoms with Crippen LogP contribution in [0.5, 0.6) is 11.5 Å². The van der Waals surface area contributed by atoms with Crippen LogP contribution in [0, 0.1) is 6.92 Å². The van der Waals surface area contributed by atoms with E-state index in [1.54, 1.807) is 18.4 Å². The van der Waals surface area contributed by atoms with E-state index in [1.165, 1.54) is 21.6 Å². The van der Waals surface area contributed by atoms with Crippen molar-refractivity contribution in [2.75, 3.05) is 7.11 Å². The molecule has 1 heterocycles. The van der Waals surface area contributed by atoms with Crippen molar-refractivity contribution in [1.29, 1.82) is 0 Å². The van der Waals surface area contributed by atoms with E-state index < -0.39 is 0 Å². The average molecular weight is 354 g/mol. The summed E-state index contributed by atoms with van der Waals surface area (Å²) in [7, 11) is 1.69. The van der Waals surface area contributed by atoms with Crippen LogP contribution in [0.25, 0.3) is 0 Å². The zero-order valence-corrected chi connectivity index (χ0v) is 15.5. The van der Waals surface area contributed by atoms with Crippen molar-refractivity contribution in [2.45, 2.75) is 26.6 Å². The van der Waals surface area contributed by atoms with E-state index in [1.807, 2.05) is 18.2 Å². The van der Waals surface area contributed by atoms with E-state index in [0.29, 0.717) is 6.61 Å². The van der Waals surface area contributed by atoms with Crippen molar-refractivity contribution in [3.8, 4) is 11.5 Å². The molecular weight excluding hydrogens is 330 g/mol. The summed E-state index contributed by atoms with van der Waals surface area (Å²) < 4.78 is 11.5. The van der Waals surface area contributed by atoms with Crippen molar-refractivity contribution < 1.29 is 14.8 Å². The maximum atomic E-state index is 5.98. The van der Waals surface area contributed by atoms with Crippen LogP contribution >= 0.6 is 11.3 Å². The van der Waals surface area contributed by atoms with Crippen molar-refractivity contribution in [2.24, 2.45) is 0 Å². The first-order chi connectivity index (χ1) is 12.3. The zero-order chi connectivity index (χ0) is 17.5. The van der Waals surface area contributed by atoms with Crippen molar-refractivity contribution in [3.63, 3.8) is 0 Å². The minimum Gasteiger partial charge on any atom is -0.493 e. The van der Waals surface area contributed by atoms with Gasteiger partial charge in [0.25, 0.3) is 0 Å². The van der Waals surface area contributed by atoms with Crippen LogP contribution in [0.1, 0.15) is 21.6 Å². The van der Waals surface area contributed by atoms with E-state index in [9.17, 15) is 0 Å². The summed E-state index contributed by atoms with van der Waals surface area (Å²) in [5.74, 6) is 1.57. The molecule has 0 aliphatic heterocycles. The Morgan fingerprint density at radius 1 is 0.960 bits per heavy atom. The fraction of sp³-hybridized carbons (Fsp3) is 0.238. The summed E-state index contributed by atoms with van der Waals surface area (Å²) in [4.78, 5) is 1.39. The van der Waals surface area contributed by atoms with Gasteiger partial charge in [-0.05, 0) is 47.7 Å². The van der Waals surface area contributed by atoms with Gasteiger partial charge in [-0.1, -0.05) is 30.3 Å². The number of rotatable bonds is 8. The first-order valence-electron chi connectivity index (χ1n) is 8.44. The van der Waals surface area contributed by atoms with E-state index in [2.05, 4.69) is 54.0 Å². The molecule has 0 amide bonds. The third-order valence-corrected chi connectivity index (χ3v) is 5.08. The normalized spacial score (nSPS) is 10.6. The first-order valence-corrected chi connectivity index (χ1v) is 9.32. The lowest BCUT2D eigenvalue weighted by atomic mass is 10.1. The molecule has 0 saturated heterocycles. The maximum Gasteiger partial charge on any atom is 0.161 e. The molecule has 3 rings (SSSR count). The van der Waals surface area contributed by atoms with Gasteiger partial charge in [-0.3, -0.25) is 0 Å².